The van der Waals surface area contributed by atoms with Crippen LogP contribution in [0.2, 0.25) is 5.02 Å². The van der Waals surface area contributed by atoms with Crippen LogP contribution < -0.4 is 10.1 Å². The number of nitrogens with one attached hydrogen (secondary N) is 1. The molecule has 1 saturated heterocycles. The van der Waals surface area contributed by atoms with Gasteiger partial charge in [-0.05, 0) is 29.3 Å². The quantitative estimate of drug-likeness (QED) is 0.150. The van der Waals surface area contributed by atoms with Gasteiger partial charge in [0.05, 0.1) is 12.9 Å². The molecule has 3 heterocycles. The maximum Gasteiger partial charge on any atom is 0.333 e. The number of imidazole rings is 1. The molecule has 14 heteroatoms. The standard InChI is InChI=1S/C25H23ClN8O5/c26-16-6-7-17(38-9-8-14-4-2-1-3-5-14)15(10-16)11-28-22-19-23(30-12-29-22)34(13-31-19)24-20(35)18(32-33-27)21(39-24)25(36)37/h1-7,10,12-13,18,20-21,24,35H,8-9,11H2,(H,36,37)(H,28,29,30). The minimum absolute atomic E-state index is 0.285. The molecule has 0 amide bonds. The van der Waals surface area contributed by atoms with Crippen LogP contribution in [0.4, 0.5) is 5.82 Å². The van der Waals surface area contributed by atoms with Gasteiger partial charge in [0.15, 0.2) is 29.3 Å². The Kier molecular flexibility index (Phi) is 7.75. The van der Waals surface area contributed by atoms with E-state index in [2.05, 4.69) is 30.3 Å². The van der Waals surface area contributed by atoms with Gasteiger partial charge < -0.3 is 25.0 Å². The van der Waals surface area contributed by atoms with Gasteiger partial charge in [0.2, 0.25) is 0 Å². The Morgan fingerprint density at radius 3 is 2.82 bits per heavy atom. The van der Waals surface area contributed by atoms with Crippen molar-refractivity contribution in [2.75, 3.05) is 11.9 Å². The largest absolute Gasteiger partial charge is 0.493 e. The van der Waals surface area contributed by atoms with Gasteiger partial charge in [-0.1, -0.05) is 47.0 Å². The van der Waals surface area contributed by atoms with E-state index in [1.165, 1.54) is 22.8 Å². The Morgan fingerprint density at radius 2 is 2.05 bits per heavy atom. The third kappa shape index (κ3) is 5.56. The molecule has 1 fully saturated rings. The predicted octanol–water partition coefficient (Wildman–Crippen LogP) is 3.74. The molecule has 4 aromatic rings. The molecular formula is C25H23ClN8O5. The molecule has 0 bridgehead atoms. The van der Waals surface area contributed by atoms with E-state index in [1.54, 1.807) is 12.1 Å². The van der Waals surface area contributed by atoms with Crippen LogP contribution in [0.15, 0.2) is 66.3 Å². The molecule has 0 saturated carbocycles. The zero-order valence-corrected chi connectivity index (χ0v) is 21.1. The molecule has 1 aliphatic rings. The van der Waals surface area contributed by atoms with Crippen molar-refractivity contribution < 1.29 is 24.5 Å². The van der Waals surface area contributed by atoms with Crippen molar-refractivity contribution in [1.29, 1.82) is 0 Å². The van der Waals surface area contributed by atoms with Gasteiger partial charge in [-0.25, -0.2) is 19.7 Å². The van der Waals surface area contributed by atoms with Crippen molar-refractivity contribution in [2.24, 2.45) is 5.11 Å². The van der Waals surface area contributed by atoms with Crippen LogP contribution in [0, 0.1) is 0 Å². The first-order valence-corrected chi connectivity index (χ1v) is 12.3. The lowest BCUT2D eigenvalue weighted by Gasteiger charge is -2.17. The molecular weight excluding hydrogens is 528 g/mol. The molecule has 1 aliphatic heterocycles. The summed E-state index contributed by atoms with van der Waals surface area (Å²) < 4.78 is 12.9. The molecule has 0 aliphatic carbocycles. The van der Waals surface area contributed by atoms with Crippen LogP contribution in [0.3, 0.4) is 0 Å². The van der Waals surface area contributed by atoms with Crippen LogP contribution in [0.1, 0.15) is 17.4 Å². The van der Waals surface area contributed by atoms with Crippen molar-refractivity contribution in [3.05, 3.63) is 87.8 Å². The van der Waals surface area contributed by atoms with Gasteiger partial charge in [0.25, 0.3) is 0 Å². The molecule has 5 rings (SSSR count). The van der Waals surface area contributed by atoms with E-state index in [0.717, 1.165) is 12.0 Å². The first-order valence-electron chi connectivity index (χ1n) is 11.9. The van der Waals surface area contributed by atoms with Crippen molar-refractivity contribution in [1.82, 2.24) is 19.5 Å². The van der Waals surface area contributed by atoms with Crippen molar-refractivity contribution in [3.63, 3.8) is 0 Å². The summed E-state index contributed by atoms with van der Waals surface area (Å²) in [5.41, 5.74) is 11.4. The smallest absolute Gasteiger partial charge is 0.333 e. The minimum atomic E-state index is -1.53. The molecule has 200 valence electrons. The molecule has 4 unspecified atom stereocenters. The Hall–Kier alpha value is -4.42. The van der Waals surface area contributed by atoms with Gasteiger partial charge in [0, 0.05) is 28.5 Å². The number of hydrogen-bond donors (Lipinski definition) is 3. The maximum absolute atomic E-state index is 11.6. The number of rotatable bonds is 10. The second-order valence-corrected chi connectivity index (χ2v) is 9.14. The average Bonchev–Trinajstić information content (AvgIpc) is 3.51. The summed E-state index contributed by atoms with van der Waals surface area (Å²) in [6.45, 7) is 0.793. The normalized spacial score (nSPS) is 20.5. The molecule has 0 spiro atoms. The highest BCUT2D eigenvalue weighted by molar-refractivity contribution is 6.30. The highest BCUT2D eigenvalue weighted by Crippen LogP contribution is 2.34. The zero-order chi connectivity index (χ0) is 27.4. The summed E-state index contributed by atoms with van der Waals surface area (Å²) >= 11 is 6.25. The molecule has 39 heavy (non-hydrogen) atoms. The SMILES string of the molecule is [N-]=[N+]=NC1C(C(=O)O)OC(n2cnc3c(NCc4cc(Cl)ccc4OCCc4ccccc4)ncnc32)C1O. The predicted molar refractivity (Wildman–Crippen MR) is 140 cm³/mol. The number of halogens is 1. The fourth-order valence-electron chi connectivity index (χ4n) is 4.38. The van der Waals surface area contributed by atoms with E-state index in [4.69, 9.17) is 26.6 Å². The third-order valence-corrected chi connectivity index (χ3v) is 6.49. The van der Waals surface area contributed by atoms with Gasteiger partial charge >= 0.3 is 5.97 Å². The Labute approximate surface area is 226 Å². The zero-order valence-electron chi connectivity index (χ0n) is 20.3. The summed E-state index contributed by atoms with van der Waals surface area (Å²) in [7, 11) is 0. The lowest BCUT2D eigenvalue weighted by Crippen LogP contribution is -2.34. The summed E-state index contributed by atoms with van der Waals surface area (Å²) in [5.74, 6) is -0.300. The molecule has 3 N–H and O–H groups in total. The van der Waals surface area contributed by atoms with Crippen LogP contribution in [0.25, 0.3) is 21.6 Å². The van der Waals surface area contributed by atoms with Gasteiger partial charge in [-0.3, -0.25) is 4.57 Å². The van der Waals surface area contributed by atoms with Gasteiger partial charge in [0.1, 0.15) is 24.2 Å². The number of azide groups is 1. The lowest BCUT2D eigenvalue weighted by atomic mass is 10.1. The first kappa shape index (κ1) is 26.2. The van der Waals surface area contributed by atoms with E-state index >= 15 is 0 Å². The Bertz CT molecular complexity index is 1530. The fraction of sp³-hybridized carbons (Fsp3) is 0.280. The highest BCUT2D eigenvalue weighted by atomic mass is 35.5. The van der Waals surface area contributed by atoms with Crippen molar-refractivity contribution in [3.8, 4) is 5.75 Å². The van der Waals surface area contributed by atoms with E-state index in [-0.39, 0.29) is 5.65 Å². The summed E-state index contributed by atoms with van der Waals surface area (Å²) in [6, 6.07) is 14.1. The lowest BCUT2D eigenvalue weighted by molar-refractivity contribution is -0.152. The number of aliphatic carboxylic acids is 1. The number of hydrogen-bond acceptors (Lipinski definition) is 9. The maximum atomic E-state index is 11.6. The van der Waals surface area contributed by atoms with Gasteiger partial charge in [-0.2, -0.15) is 0 Å². The first-order chi connectivity index (χ1) is 19.0. The second-order valence-electron chi connectivity index (χ2n) is 8.71. The number of aliphatic hydroxyl groups is 1. The van der Waals surface area contributed by atoms with Crippen LogP contribution in [-0.4, -0.2) is 60.6 Å². The summed E-state index contributed by atoms with van der Waals surface area (Å²) in [4.78, 5) is 27.1. The second kappa shape index (κ2) is 11.5. The van der Waals surface area contributed by atoms with Gasteiger partial charge in [-0.15, -0.1) is 0 Å². The number of aromatic nitrogens is 4. The number of carboxylic acids is 1. The number of benzene rings is 2. The number of aliphatic hydroxyl groups excluding tert-OH is 1. The number of carboxylic acid groups (broad SMARTS) is 1. The highest BCUT2D eigenvalue weighted by Gasteiger charge is 2.48. The molecule has 2 aromatic heterocycles. The Balaban J connectivity index is 1.33. The molecule has 0 radical (unpaired) electrons. The van der Waals surface area contributed by atoms with Crippen LogP contribution in [0.5, 0.6) is 5.75 Å². The van der Waals surface area contributed by atoms with Crippen molar-refractivity contribution in [2.45, 2.75) is 37.4 Å². The summed E-state index contributed by atoms with van der Waals surface area (Å²) in [5, 5.41) is 27.3. The van der Waals surface area contributed by atoms with Crippen molar-refractivity contribution >= 4 is 34.6 Å². The molecule has 13 nitrogen and oxygen atoms in total. The number of anilines is 1. The van der Waals surface area contributed by atoms with Crippen LogP contribution in [-0.2, 0) is 22.5 Å². The molecule has 2 aromatic carbocycles. The summed E-state index contributed by atoms with van der Waals surface area (Å²) in [6.07, 6.45) is -0.744. The third-order valence-electron chi connectivity index (χ3n) is 6.26. The van der Waals surface area contributed by atoms with E-state index in [1.807, 2.05) is 36.4 Å². The monoisotopic (exact) mass is 550 g/mol. The van der Waals surface area contributed by atoms with E-state index in [9.17, 15) is 15.0 Å². The average molecular weight is 551 g/mol. The fourth-order valence-corrected chi connectivity index (χ4v) is 4.57. The topological polar surface area (TPSA) is 180 Å². The number of nitrogens with zero attached hydrogens (tertiary/aromatic N) is 7. The number of carbonyl (C=O) groups is 1. The Morgan fingerprint density at radius 1 is 1.23 bits per heavy atom. The van der Waals surface area contributed by atoms with E-state index in [0.29, 0.717) is 35.3 Å². The van der Waals surface area contributed by atoms with E-state index < -0.39 is 30.4 Å². The number of ether oxygens (including phenoxy) is 2. The minimum Gasteiger partial charge on any atom is -0.493 e. The van der Waals surface area contributed by atoms with Crippen LogP contribution >= 0.6 is 11.6 Å². The number of fused-ring (bicyclic) bond motifs is 1. The molecule has 4 atom stereocenters.